The lowest BCUT2D eigenvalue weighted by atomic mass is 9.99. The molecule has 1 aliphatic heterocycles. The number of nitrogens with one attached hydrogen (secondary N) is 2. The monoisotopic (exact) mass is 431 g/mol. The minimum atomic E-state index is -3.83. The number of amides is 1. The topological polar surface area (TPSA) is 122 Å². The molecule has 9 nitrogen and oxygen atoms in total. The molecule has 1 aromatic heterocycles. The van der Waals surface area contributed by atoms with Gasteiger partial charge in [0.25, 0.3) is 0 Å². The zero-order chi connectivity index (χ0) is 21.3. The highest BCUT2D eigenvalue weighted by Gasteiger charge is 2.33. The number of benzene rings is 2. The second kappa shape index (κ2) is 7.96. The fourth-order valence-electron chi connectivity index (χ4n) is 3.53. The van der Waals surface area contributed by atoms with Gasteiger partial charge in [-0.2, -0.15) is 4.31 Å². The van der Waals surface area contributed by atoms with Crippen molar-refractivity contribution in [3.63, 3.8) is 0 Å². The Kier molecular flexibility index (Phi) is 5.35. The second-order valence-corrected chi connectivity index (χ2v) is 9.03. The normalized spacial score (nSPS) is 17.7. The third kappa shape index (κ3) is 3.96. The van der Waals surface area contributed by atoms with Gasteiger partial charge in [-0.15, -0.1) is 0 Å². The number of hydrogen-bond acceptors (Lipinski definition) is 6. The van der Waals surface area contributed by atoms with Crippen molar-refractivity contribution in [2.24, 2.45) is 5.92 Å². The van der Waals surface area contributed by atoms with Gasteiger partial charge in [0, 0.05) is 24.8 Å². The number of rotatable bonds is 5. The van der Waals surface area contributed by atoms with Gasteiger partial charge >= 0.3 is 5.76 Å². The highest BCUT2D eigenvalue weighted by Crippen LogP contribution is 2.26. The van der Waals surface area contributed by atoms with Gasteiger partial charge in [0.15, 0.2) is 5.58 Å². The number of aromatic nitrogens is 1. The summed E-state index contributed by atoms with van der Waals surface area (Å²) in [4.78, 5) is 26.5. The molecule has 1 amide bonds. The van der Waals surface area contributed by atoms with Crippen LogP contribution in [0.3, 0.4) is 0 Å². The van der Waals surface area contributed by atoms with E-state index in [1.54, 1.807) is 31.4 Å². The molecule has 1 aliphatic rings. The average molecular weight is 431 g/mol. The summed E-state index contributed by atoms with van der Waals surface area (Å²) in [6.07, 6.45) is 1.17. The molecule has 158 valence electrons. The molecule has 4 rings (SSSR count). The molecular formula is C20H21N3O6S. The Morgan fingerprint density at radius 1 is 1.23 bits per heavy atom. The van der Waals surface area contributed by atoms with E-state index in [9.17, 15) is 18.0 Å². The van der Waals surface area contributed by atoms with Gasteiger partial charge in [0.1, 0.15) is 5.75 Å². The van der Waals surface area contributed by atoms with Crippen molar-refractivity contribution in [3.05, 3.63) is 53.0 Å². The number of fused-ring (bicyclic) bond motifs is 1. The number of H-pyrrole nitrogens is 1. The molecule has 1 saturated heterocycles. The van der Waals surface area contributed by atoms with Crippen molar-refractivity contribution >= 4 is 32.7 Å². The molecule has 3 aromatic rings. The Balaban J connectivity index is 1.50. The van der Waals surface area contributed by atoms with E-state index in [4.69, 9.17) is 9.15 Å². The Bertz CT molecular complexity index is 1230. The minimum absolute atomic E-state index is 0.0222. The summed E-state index contributed by atoms with van der Waals surface area (Å²) in [7, 11) is -2.27. The molecule has 0 unspecified atom stereocenters. The molecule has 30 heavy (non-hydrogen) atoms. The van der Waals surface area contributed by atoms with E-state index in [-0.39, 0.29) is 22.9 Å². The third-order valence-corrected chi connectivity index (χ3v) is 7.00. The van der Waals surface area contributed by atoms with Crippen molar-refractivity contribution < 1.29 is 22.4 Å². The number of piperidine rings is 1. The van der Waals surface area contributed by atoms with Crippen LogP contribution in [0.4, 0.5) is 5.69 Å². The fraction of sp³-hybridized carbons (Fsp3) is 0.300. The summed E-state index contributed by atoms with van der Waals surface area (Å²) in [6, 6.07) is 11.2. The Hall–Kier alpha value is -3.11. The van der Waals surface area contributed by atoms with Gasteiger partial charge < -0.3 is 14.5 Å². The number of ether oxygens (including phenoxy) is 1. The van der Waals surface area contributed by atoms with Crippen LogP contribution < -0.4 is 15.8 Å². The van der Waals surface area contributed by atoms with E-state index < -0.39 is 21.7 Å². The van der Waals surface area contributed by atoms with E-state index in [0.717, 1.165) is 0 Å². The molecule has 2 N–H and O–H groups in total. The first-order chi connectivity index (χ1) is 14.4. The van der Waals surface area contributed by atoms with Crippen molar-refractivity contribution in [1.29, 1.82) is 0 Å². The van der Waals surface area contributed by atoms with Crippen molar-refractivity contribution in [2.75, 3.05) is 25.5 Å². The number of aromatic amines is 1. The summed E-state index contributed by atoms with van der Waals surface area (Å²) in [5.74, 6) is -0.664. The van der Waals surface area contributed by atoms with E-state index in [2.05, 4.69) is 10.3 Å². The van der Waals surface area contributed by atoms with Gasteiger partial charge in [0.05, 0.1) is 23.4 Å². The number of carbonyl (C=O) groups excluding carboxylic acids is 1. The molecule has 0 bridgehead atoms. The van der Waals surface area contributed by atoms with Crippen LogP contribution in [0, 0.1) is 5.92 Å². The lowest BCUT2D eigenvalue weighted by Gasteiger charge is -2.31. The minimum Gasteiger partial charge on any atom is -0.497 e. The van der Waals surface area contributed by atoms with Crippen LogP contribution >= 0.6 is 0 Å². The second-order valence-electron chi connectivity index (χ2n) is 7.09. The maximum atomic E-state index is 13.1. The zero-order valence-electron chi connectivity index (χ0n) is 16.3. The largest absolute Gasteiger partial charge is 0.497 e. The summed E-state index contributed by atoms with van der Waals surface area (Å²) in [5.41, 5.74) is 1.22. The summed E-state index contributed by atoms with van der Waals surface area (Å²) in [6.45, 7) is 0.406. The summed E-state index contributed by atoms with van der Waals surface area (Å²) < 4.78 is 37.5. The van der Waals surface area contributed by atoms with E-state index in [0.29, 0.717) is 36.3 Å². The SMILES string of the molecule is COc1ccc(NC(=O)[C@H]2CCCN(S(=O)(=O)c3ccc4[nH]c(=O)oc4c3)C2)cc1. The van der Waals surface area contributed by atoms with Crippen LogP contribution in [-0.2, 0) is 14.8 Å². The molecule has 0 aliphatic carbocycles. The number of sulfonamides is 1. The number of carbonyl (C=O) groups is 1. The van der Waals surface area contributed by atoms with Crippen LogP contribution in [0.5, 0.6) is 5.75 Å². The molecular weight excluding hydrogens is 410 g/mol. The van der Waals surface area contributed by atoms with Gasteiger partial charge in [-0.05, 0) is 49.2 Å². The highest BCUT2D eigenvalue weighted by molar-refractivity contribution is 7.89. The molecule has 0 radical (unpaired) electrons. The maximum absolute atomic E-state index is 13.1. The first kappa shape index (κ1) is 20.2. The van der Waals surface area contributed by atoms with Gasteiger partial charge in [-0.1, -0.05) is 0 Å². The molecule has 2 aromatic carbocycles. The van der Waals surface area contributed by atoms with Crippen LogP contribution in [0.1, 0.15) is 12.8 Å². The van der Waals surface area contributed by atoms with Gasteiger partial charge in [0.2, 0.25) is 15.9 Å². The van der Waals surface area contributed by atoms with Crippen LogP contribution in [0.25, 0.3) is 11.1 Å². The quantitative estimate of drug-likeness (QED) is 0.639. The van der Waals surface area contributed by atoms with E-state index in [1.807, 2.05) is 0 Å². The first-order valence-corrected chi connectivity index (χ1v) is 10.9. The van der Waals surface area contributed by atoms with E-state index in [1.165, 1.54) is 22.5 Å². The van der Waals surface area contributed by atoms with Gasteiger partial charge in [-0.3, -0.25) is 9.78 Å². The Morgan fingerprint density at radius 2 is 2.00 bits per heavy atom. The lowest BCUT2D eigenvalue weighted by Crippen LogP contribution is -2.43. The fourth-order valence-corrected chi connectivity index (χ4v) is 5.07. The smallest absolute Gasteiger partial charge is 0.417 e. The molecule has 0 spiro atoms. The predicted molar refractivity (Wildman–Crippen MR) is 110 cm³/mol. The van der Waals surface area contributed by atoms with Gasteiger partial charge in [-0.25, -0.2) is 13.2 Å². The van der Waals surface area contributed by atoms with Crippen molar-refractivity contribution in [1.82, 2.24) is 9.29 Å². The Labute approximate surface area is 172 Å². The lowest BCUT2D eigenvalue weighted by molar-refractivity contribution is -0.120. The Morgan fingerprint density at radius 3 is 2.73 bits per heavy atom. The summed E-state index contributed by atoms with van der Waals surface area (Å²) in [5, 5.41) is 2.83. The first-order valence-electron chi connectivity index (χ1n) is 9.45. The number of hydrogen-bond donors (Lipinski definition) is 2. The number of anilines is 1. The predicted octanol–water partition coefficient (Wildman–Crippen LogP) is 2.17. The van der Waals surface area contributed by atoms with Crippen LogP contribution in [-0.4, -0.2) is 43.8 Å². The molecule has 0 saturated carbocycles. The zero-order valence-corrected chi connectivity index (χ0v) is 17.1. The molecule has 1 fully saturated rings. The average Bonchev–Trinajstić information content (AvgIpc) is 3.13. The van der Waals surface area contributed by atoms with Crippen LogP contribution in [0.2, 0.25) is 0 Å². The number of methoxy groups -OCH3 is 1. The van der Waals surface area contributed by atoms with Crippen molar-refractivity contribution in [2.45, 2.75) is 17.7 Å². The third-order valence-electron chi connectivity index (χ3n) is 5.14. The standard InChI is InChI=1S/C20H21N3O6S/c1-28-15-6-4-14(5-7-15)21-19(24)13-3-2-10-23(12-13)30(26,27)16-8-9-17-18(11-16)29-20(25)22-17/h4-9,11,13H,2-3,10,12H2,1H3,(H,21,24)(H,22,25)/t13-/m0/s1. The van der Waals surface area contributed by atoms with Crippen LogP contribution in [0.15, 0.2) is 56.6 Å². The number of nitrogens with zero attached hydrogens (tertiary/aromatic N) is 1. The van der Waals surface area contributed by atoms with Crippen molar-refractivity contribution in [3.8, 4) is 5.75 Å². The molecule has 10 heteroatoms. The van der Waals surface area contributed by atoms with E-state index >= 15 is 0 Å². The molecule has 1 atom stereocenters. The maximum Gasteiger partial charge on any atom is 0.417 e. The molecule has 2 heterocycles. The summed E-state index contributed by atoms with van der Waals surface area (Å²) >= 11 is 0. The highest BCUT2D eigenvalue weighted by atomic mass is 32.2. The number of oxazole rings is 1.